The molecule has 0 heterocycles. The summed E-state index contributed by atoms with van der Waals surface area (Å²) in [4.78, 5) is 0. The molecular weight excluding hydrogens is 351 g/mol. The molecule has 0 aromatic heterocycles. The maximum absolute atomic E-state index is 13.1. The fourth-order valence-electron chi connectivity index (χ4n) is 3.22. The summed E-state index contributed by atoms with van der Waals surface area (Å²) >= 11 is 1.37. The fourth-order valence-corrected chi connectivity index (χ4v) is 7.72. The molecule has 0 aliphatic heterocycles. The average Bonchev–Trinajstić information content (AvgIpc) is 3.42. The van der Waals surface area contributed by atoms with Crippen molar-refractivity contribution in [3.63, 3.8) is 0 Å². The van der Waals surface area contributed by atoms with Crippen LogP contribution in [0.5, 0.6) is 0 Å². The molecule has 1 saturated carbocycles. The largest absolute Gasteiger partial charge is 0.389 e. The van der Waals surface area contributed by atoms with E-state index >= 15 is 0 Å². The maximum atomic E-state index is 13.1. The number of benzene rings is 2. The fraction of sp³-hybridized carbons (Fsp3) is 0.400. The van der Waals surface area contributed by atoms with Crippen molar-refractivity contribution in [3.05, 3.63) is 71.8 Å². The highest BCUT2D eigenvalue weighted by Crippen LogP contribution is 2.71. The Morgan fingerprint density at radius 3 is 2.12 bits per heavy atom. The van der Waals surface area contributed by atoms with Gasteiger partial charge in [0.25, 0.3) is 0 Å². The van der Waals surface area contributed by atoms with E-state index in [4.69, 9.17) is 9.05 Å². The molecule has 134 valence electrons. The first-order valence-corrected chi connectivity index (χ1v) is 11.9. The Bertz CT molecular complexity index is 697. The van der Waals surface area contributed by atoms with Gasteiger partial charge in [-0.3, -0.25) is 0 Å². The summed E-state index contributed by atoms with van der Waals surface area (Å²) in [7, 11) is 0. The quantitative estimate of drug-likeness (QED) is 0.471. The highest BCUT2D eigenvalue weighted by molar-refractivity contribution is 8.55. The third-order valence-corrected chi connectivity index (χ3v) is 8.75. The lowest BCUT2D eigenvalue weighted by Gasteiger charge is -2.23. The monoisotopic (exact) mass is 376 g/mol. The highest BCUT2D eigenvalue weighted by Gasteiger charge is 2.47. The summed E-state index contributed by atoms with van der Waals surface area (Å²) in [5, 5.41) is 0.107. The van der Waals surface area contributed by atoms with E-state index in [2.05, 4.69) is 36.4 Å². The molecule has 1 aliphatic rings. The Balaban J connectivity index is 1.83. The van der Waals surface area contributed by atoms with Gasteiger partial charge in [-0.1, -0.05) is 60.7 Å². The molecule has 0 N–H and O–H groups in total. The molecule has 2 aromatic carbocycles. The third kappa shape index (κ3) is 4.77. The lowest BCUT2D eigenvalue weighted by Crippen LogP contribution is -2.02. The van der Waals surface area contributed by atoms with E-state index in [9.17, 15) is 4.57 Å². The summed E-state index contributed by atoms with van der Waals surface area (Å²) in [5.41, 5.74) is 2.55. The Hall–Kier alpha value is -1.06. The van der Waals surface area contributed by atoms with Gasteiger partial charge < -0.3 is 9.05 Å². The van der Waals surface area contributed by atoms with Gasteiger partial charge in [0.1, 0.15) is 0 Å². The second-order valence-electron chi connectivity index (χ2n) is 6.14. The van der Waals surface area contributed by atoms with Crippen LogP contribution >= 0.6 is 18.2 Å². The van der Waals surface area contributed by atoms with Crippen molar-refractivity contribution in [2.75, 3.05) is 13.2 Å². The molecule has 1 aliphatic carbocycles. The molecule has 1 unspecified atom stereocenters. The van der Waals surface area contributed by atoms with Crippen molar-refractivity contribution >= 4 is 18.2 Å². The van der Waals surface area contributed by atoms with Crippen LogP contribution in [-0.2, 0) is 13.6 Å². The lowest BCUT2D eigenvalue weighted by molar-refractivity contribution is 0.236. The van der Waals surface area contributed by atoms with Gasteiger partial charge in [-0.25, -0.2) is 4.57 Å². The Kier molecular flexibility index (Phi) is 6.40. The minimum Gasteiger partial charge on any atom is -0.301 e. The minimum absolute atomic E-state index is 0.107. The second-order valence-corrected chi connectivity index (χ2v) is 10.2. The van der Waals surface area contributed by atoms with E-state index in [0.29, 0.717) is 25.0 Å². The van der Waals surface area contributed by atoms with Gasteiger partial charge in [0, 0.05) is 5.25 Å². The highest BCUT2D eigenvalue weighted by atomic mass is 32.7. The van der Waals surface area contributed by atoms with Crippen LogP contribution in [0.2, 0.25) is 0 Å². The van der Waals surface area contributed by atoms with E-state index in [-0.39, 0.29) is 5.25 Å². The molecule has 0 spiro atoms. The smallest absolute Gasteiger partial charge is 0.301 e. The van der Waals surface area contributed by atoms with Gasteiger partial charge >= 0.3 is 6.80 Å². The van der Waals surface area contributed by atoms with Crippen molar-refractivity contribution in [2.45, 2.75) is 31.4 Å². The zero-order chi connectivity index (χ0) is 17.7. The molecule has 0 amide bonds. The van der Waals surface area contributed by atoms with Crippen molar-refractivity contribution < 1.29 is 13.6 Å². The SMILES string of the molecule is CCOP(=O)(OCC)SC(c1ccccc1)[C@H]1C[C@@H]1c1ccccc1. The van der Waals surface area contributed by atoms with E-state index < -0.39 is 6.80 Å². The van der Waals surface area contributed by atoms with Crippen LogP contribution in [0.1, 0.15) is 42.6 Å². The van der Waals surface area contributed by atoms with Crippen LogP contribution in [0.25, 0.3) is 0 Å². The lowest BCUT2D eigenvalue weighted by atomic mass is 10.0. The topological polar surface area (TPSA) is 35.5 Å². The molecule has 3 atom stereocenters. The first-order chi connectivity index (χ1) is 12.2. The van der Waals surface area contributed by atoms with Gasteiger partial charge in [0.15, 0.2) is 0 Å². The van der Waals surface area contributed by atoms with E-state index in [1.165, 1.54) is 22.5 Å². The number of hydrogen-bond acceptors (Lipinski definition) is 4. The molecule has 0 radical (unpaired) electrons. The molecule has 3 rings (SSSR count). The predicted molar refractivity (Wildman–Crippen MR) is 105 cm³/mol. The molecule has 3 nitrogen and oxygen atoms in total. The number of hydrogen-bond donors (Lipinski definition) is 0. The Morgan fingerprint density at radius 1 is 1.00 bits per heavy atom. The van der Waals surface area contributed by atoms with Crippen LogP contribution in [0.15, 0.2) is 60.7 Å². The predicted octanol–water partition coefficient (Wildman–Crippen LogP) is 6.45. The van der Waals surface area contributed by atoms with Crippen LogP contribution < -0.4 is 0 Å². The average molecular weight is 376 g/mol. The standard InChI is InChI=1S/C20H25O3PS/c1-3-22-24(21,23-4-2)25-20(17-13-9-6-10-14-17)19-15-18(19)16-11-7-5-8-12-16/h5-14,18-20H,3-4,15H2,1-2H3/t18-,19+,20?/m1/s1. The normalized spacial score (nSPS) is 21.0. The summed E-state index contributed by atoms with van der Waals surface area (Å²) in [6, 6.07) is 20.9. The van der Waals surface area contributed by atoms with E-state index in [0.717, 1.165) is 6.42 Å². The molecule has 25 heavy (non-hydrogen) atoms. The van der Waals surface area contributed by atoms with E-state index in [1.54, 1.807) is 0 Å². The van der Waals surface area contributed by atoms with Gasteiger partial charge in [-0.05, 0) is 54.6 Å². The van der Waals surface area contributed by atoms with Crippen LogP contribution in [0, 0.1) is 5.92 Å². The van der Waals surface area contributed by atoms with Crippen molar-refractivity contribution in [3.8, 4) is 0 Å². The zero-order valence-corrected chi connectivity index (χ0v) is 16.4. The molecule has 0 bridgehead atoms. The Labute approximate surface area is 154 Å². The van der Waals surface area contributed by atoms with Gasteiger partial charge in [0.2, 0.25) is 0 Å². The van der Waals surface area contributed by atoms with Crippen molar-refractivity contribution in [1.29, 1.82) is 0 Å². The van der Waals surface area contributed by atoms with Crippen LogP contribution in [0.3, 0.4) is 0 Å². The molecule has 0 saturated heterocycles. The zero-order valence-electron chi connectivity index (χ0n) is 14.7. The van der Waals surface area contributed by atoms with Gasteiger partial charge in [-0.15, -0.1) is 0 Å². The van der Waals surface area contributed by atoms with Crippen LogP contribution in [-0.4, -0.2) is 13.2 Å². The molecule has 1 fully saturated rings. The summed E-state index contributed by atoms with van der Waals surface area (Å²) in [6.07, 6.45) is 1.11. The first kappa shape index (κ1) is 18.7. The molecule has 5 heteroatoms. The first-order valence-electron chi connectivity index (χ1n) is 8.84. The molecular formula is C20H25O3PS. The third-order valence-electron chi connectivity index (χ3n) is 4.40. The minimum atomic E-state index is -3.16. The number of rotatable bonds is 9. The molecule has 2 aromatic rings. The summed E-state index contributed by atoms with van der Waals surface area (Å²) < 4.78 is 24.2. The van der Waals surface area contributed by atoms with E-state index in [1.807, 2.05) is 38.1 Å². The summed E-state index contributed by atoms with van der Waals surface area (Å²) in [5.74, 6) is 0.958. The Morgan fingerprint density at radius 2 is 1.56 bits per heavy atom. The maximum Gasteiger partial charge on any atom is 0.389 e. The van der Waals surface area contributed by atoms with Gasteiger partial charge in [-0.2, -0.15) is 0 Å². The van der Waals surface area contributed by atoms with Gasteiger partial charge in [0.05, 0.1) is 13.2 Å². The summed E-state index contributed by atoms with van der Waals surface area (Å²) in [6.45, 7) is 1.33. The van der Waals surface area contributed by atoms with Crippen molar-refractivity contribution in [2.24, 2.45) is 5.92 Å². The van der Waals surface area contributed by atoms with Crippen molar-refractivity contribution in [1.82, 2.24) is 0 Å². The second kappa shape index (κ2) is 8.55. The van der Waals surface area contributed by atoms with Crippen LogP contribution in [0.4, 0.5) is 0 Å².